The third kappa shape index (κ3) is 3.06. The summed E-state index contributed by atoms with van der Waals surface area (Å²) >= 11 is 0. The van der Waals surface area contributed by atoms with Crippen molar-refractivity contribution in [3.8, 4) is 0 Å². The van der Waals surface area contributed by atoms with E-state index in [2.05, 4.69) is 26.3 Å². The number of hydrogen-bond acceptors (Lipinski definition) is 1. The Balaban J connectivity index is 4.28. The maximum atomic E-state index is 3.84. The van der Waals surface area contributed by atoms with Crippen LogP contribution in [0.5, 0.6) is 0 Å². The first-order chi connectivity index (χ1) is 5.63. The summed E-state index contributed by atoms with van der Waals surface area (Å²) in [5.74, 6) is 0. The van der Waals surface area contributed by atoms with Crippen LogP contribution >= 0.6 is 0 Å². The molecule has 0 heterocycles. The summed E-state index contributed by atoms with van der Waals surface area (Å²) in [7, 11) is 1.89. The summed E-state index contributed by atoms with van der Waals surface area (Å²) in [5, 5.41) is 0. The molecule has 0 aromatic heterocycles. The van der Waals surface area contributed by atoms with Crippen LogP contribution in [0.4, 0.5) is 0 Å². The number of rotatable bonds is 5. The molecule has 0 bridgehead atoms. The summed E-state index contributed by atoms with van der Waals surface area (Å²) in [5.41, 5.74) is 1.69. The Hall–Kier alpha value is -1.50. The zero-order chi connectivity index (χ0) is 9.56. The molecule has 0 radical (unpaired) electrons. The molecule has 0 unspecified atom stereocenters. The molecule has 0 aromatic rings. The van der Waals surface area contributed by atoms with Crippen LogP contribution in [0.25, 0.3) is 0 Å². The van der Waals surface area contributed by atoms with Crippen LogP contribution < -0.4 is 0 Å². The Morgan fingerprint density at radius 1 is 1.17 bits per heavy atom. The Morgan fingerprint density at radius 2 is 1.75 bits per heavy atom. The van der Waals surface area contributed by atoms with Gasteiger partial charge in [0.05, 0.1) is 0 Å². The highest BCUT2D eigenvalue weighted by Gasteiger charge is 1.97. The second kappa shape index (κ2) is 5.19. The van der Waals surface area contributed by atoms with Crippen LogP contribution in [0.3, 0.4) is 0 Å². The predicted molar refractivity (Wildman–Crippen MR) is 55.6 cm³/mol. The molecule has 1 nitrogen and oxygen atoms in total. The van der Waals surface area contributed by atoms with Gasteiger partial charge in [-0.25, -0.2) is 0 Å². The van der Waals surface area contributed by atoms with Crippen molar-refractivity contribution in [2.24, 2.45) is 0 Å². The average Bonchev–Trinajstić information content (AvgIpc) is 2.11. The van der Waals surface area contributed by atoms with E-state index < -0.39 is 0 Å². The molecular formula is C11H15N. The highest BCUT2D eigenvalue weighted by molar-refractivity contribution is 5.24. The van der Waals surface area contributed by atoms with Crippen LogP contribution in [0.2, 0.25) is 0 Å². The lowest BCUT2D eigenvalue weighted by molar-refractivity contribution is 0.559. The number of allylic oxidation sites excluding steroid dienone is 4. The molecule has 0 aliphatic rings. The molecule has 0 aromatic carbocycles. The van der Waals surface area contributed by atoms with Gasteiger partial charge in [0.25, 0.3) is 0 Å². The van der Waals surface area contributed by atoms with Gasteiger partial charge in [0.1, 0.15) is 0 Å². The fourth-order valence-corrected chi connectivity index (χ4v) is 0.612. The van der Waals surface area contributed by atoms with Gasteiger partial charge in [-0.1, -0.05) is 38.5 Å². The molecule has 0 saturated heterocycles. The minimum atomic E-state index is 0.828. The summed E-state index contributed by atoms with van der Waals surface area (Å²) < 4.78 is 0. The number of likely N-dealkylation sites (N-methyl/N-ethyl adjacent to an activating group) is 1. The smallest absolute Gasteiger partial charge is 0.0334 e. The van der Waals surface area contributed by atoms with E-state index in [1.807, 2.05) is 24.1 Å². The quantitative estimate of drug-likeness (QED) is 0.560. The molecule has 0 N–H and O–H groups in total. The van der Waals surface area contributed by atoms with Crippen LogP contribution in [-0.4, -0.2) is 11.9 Å². The monoisotopic (exact) mass is 161 g/mol. The van der Waals surface area contributed by atoms with Crippen LogP contribution in [0.15, 0.2) is 62.0 Å². The van der Waals surface area contributed by atoms with Crippen molar-refractivity contribution < 1.29 is 0 Å². The minimum Gasteiger partial charge on any atom is -0.346 e. The third-order valence-electron chi connectivity index (χ3n) is 1.52. The Morgan fingerprint density at radius 3 is 2.17 bits per heavy atom. The lowest BCUT2D eigenvalue weighted by atomic mass is 10.3. The van der Waals surface area contributed by atoms with Gasteiger partial charge >= 0.3 is 0 Å². The Bertz CT molecular complexity index is 233. The van der Waals surface area contributed by atoms with Gasteiger partial charge in [-0.15, -0.1) is 0 Å². The maximum Gasteiger partial charge on any atom is 0.0334 e. The second-order valence-electron chi connectivity index (χ2n) is 2.34. The van der Waals surface area contributed by atoms with E-state index in [0.717, 1.165) is 11.4 Å². The van der Waals surface area contributed by atoms with Gasteiger partial charge < -0.3 is 4.90 Å². The molecule has 12 heavy (non-hydrogen) atoms. The molecule has 1 heteroatoms. The van der Waals surface area contributed by atoms with E-state index in [-0.39, 0.29) is 0 Å². The van der Waals surface area contributed by atoms with E-state index in [4.69, 9.17) is 0 Å². The highest BCUT2D eigenvalue weighted by Crippen LogP contribution is 2.08. The fraction of sp³-hybridized carbons (Fsp3) is 0.0909. The maximum absolute atomic E-state index is 3.84. The van der Waals surface area contributed by atoms with E-state index in [1.54, 1.807) is 12.2 Å². The first kappa shape index (κ1) is 10.5. The van der Waals surface area contributed by atoms with Crippen molar-refractivity contribution in [3.63, 3.8) is 0 Å². The fourth-order valence-electron chi connectivity index (χ4n) is 0.612. The minimum absolute atomic E-state index is 0.828. The summed E-state index contributed by atoms with van der Waals surface area (Å²) in [6.45, 7) is 14.8. The van der Waals surface area contributed by atoms with Crippen molar-refractivity contribution in [1.82, 2.24) is 4.90 Å². The standard InChI is InChI=1S/C11H15N/c1-6-8-9-11(4)12(5)10(3)7-2/h6-9H,1-4H2,5H3/b9-8+. The van der Waals surface area contributed by atoms with E-state index in [9.17, 15) is 0 Å². The molecular weight excluding hydrogens is 146 g/mol. The largest absolute Gasteiger partial charge is 0.346 e. The lowest BCUT2D eigenvalue weighted by Crippen LogP contribution is -2.12. The molecule has 0 atom stereocenters. The molecule has 0 fully saturated rings. The molecule has 0 saturated carbocycles. The molecule has 0 aliphatic heterocycles. The van der Waals surface area contributed by atoms with Crippen molar-refractivity contribution in [1.29, 1.82) is 0 Å². The normalized spacial score (nSPS) is 9.42. The van der Waals surface area contributed by atoms with Crippen molar-refractivity contribution in [2.45, 2.75) is 0 Å². The molecule has 0 amide bonds. The van der Waals surface area contributed by atoms with E-state index in [1.165, 1.54) is 0 Å². The van der Waals surface area contributed by atoms with Crippen molar-refractivity contribution in [3.05, 3.63) is 62.0 Å². The third-order valence-corrected chi connectivity index (χ3v) is 1.52. The van der Waals surface area contributed by atoms with Gasteiger partial charge in [-0.3, -0.25) is 0 Å². The summed E-state index contributed by atoms with van der Waals surface area (Å²) in [6, 6.07) is 0. The predicted octanol–water partition coefficient (Wildman–Crippen LogP) is 2.87. The van der Waals surface area contributed by atoms with Gasteiger partial charge in [-0.2, -0.15) is 0 Å². The van der Waals surface area contributed by atoms with Crippen LogP contribution in [-0.2, 0) is 0 Å². The van der Waals surface area contributed by atoms with Gasteiger partial charge in [0.15, 0.2) is 0 Å². The Kier molecular flexibility index (Phi) is 4.54. The lowest BCUT2D eigenvalue weighted by Gasteiger charge is -2.18. The Labute approximate surface area is 74.7 Å². The first-order valence-corrected chi connectivity index (χ1v) is 3.66. The zero-order valence-corrected chi connectivity index (χ0v) is 7.59. The topological polar surface area (TPSA) is 3.24 Å². The molecule has 0 aliphatic carbocycles. The molecule has 0 rings (SSSR count). The van der Waals surface area contributed by atoms with Crippen molar-refractivity contribution >= 4 is 0 Å². The van der Waals surface area contributed by atoms with Gasteiger partial charge in [-0.05, 0) is 12.2 Å². The van der Waals surface area contributed by atoms with E-state index >= 15 is 0 Å². The average molecular weight is 161 g/mol. The second-order valence-corrected chi connectivity index (χ2v) is 2.34. The highest BCUT2D eigenvalue weighted by atomic mass is 15.1. The van der Waals surface area contributed by atoms with Gasteiger partial charge in [0.2, 0.25) is 0 Å². The molecule has 0 spiro atoms. The van der Waals surface area contributed by atoms with Crippen LogP contribution in [0.1, 0.15) is 0 Å². The van der Waals surface area contributed by atoms with Gasteiger partial charge in [0, 0.05) is 18.4 Å². The first-order valence-electron chi connectivity index (χ1n) is 3.66. The van der Waals surface area contributed by atoms with Crippen molar-refractivity contribution in [2.75, 3.05) is 7.05 Å². The summed E-state index contributed by atoms with van der Waals surface area (Å²) in [6.07, 6.45) is 7.08. The number of hydrogen-bond donors (Lipinski definition) is 0. The molecule has 64 valence electrons. The zero-order valence-electron chi connectivity index (χ0n) is 7.59. The van der Waals surface area contributed by atoms with Crippen LogP contribution in [0, 0.1) is 0 Å². The number of nitrogens with zero attached hydrogens (tertiary/aromatic N) is 1. The summed E-state index contributed by atoms with van der Waals surface area (Å²) in [4.78, 5) is 1.85. The SMILES string of the molecule is C=C/C=C/C(=C)N(C)C(=C)C=C. The van der Waals surface area contributed by atoms with E-state index in [0.29, 0.717) is 0 Å².